The van der Waals surface area contributed by atoms with Crippen LogP contribution in [0.25, 0.3) is 6.08 Å². The predicted octanol–water partition coefficient (Wildman–Crippen LogP) is 4.57. The number of rotatable bonds is 6. The molecule has 0 saturated heterocycles. The van der Waals surface area contributed by atoms with Crippen LogP contribution in [0.2, 0.25) is 0 Å². The SMILES string of the molecule is CCOC(=O)COc1c(I)cc(/C=C2\Sc3ccccc3C2=O)cc1OC. The third kappa shape index (κ3) is 4.47. The number of allylic oxidation sites excluding steroid dienone is 1. The lowest BCUT2D eigenvalue weighted by Crippen LogP contribution is -2.15. The van der Waals surface area contributed by atoms with Crippen LogP contribution in [0.1, 0.15) is 22.8 Å². The minimum absolute atomic E-state index is 0.0206. The molecule has 0 N–H and O–H groups in total. The second-order valence-corrected chi connectivity index (χ2v) is 7.81. The van der Waals surface area contributed by atoms with Gasteiger partial charge in [0.15, 0.2) is 18.1 Å². The highest BCUT2D eigenvalue weighted by Crippen LogP contribution is 2.41. The lowest BCUT2D eigenvalue weighted by Gasteiger charge is -2.13. The first-order chi connectivity index (χ1) is 13.0. The van der Waals surface area contributed by atoms with Crippen molar-refractivity contribution in [2.75, 3.05) is 20.3 Å². The molecule has 0 spiro atoms. The molecule has 0 unspecified atom stereocenters. The van der Waals surface area contributed by atoms with E-state index in [4.69, 9.17) is 14.2 Å². The number of carbonyl (C=O) groups excluding carboxylic acids is 2. The van der Waals surface area contributed by atoms with Gasteiger partial charge < -0.3 is 14.2 Å². The van der Waals surface area contributed by atoms with Gasteiger partial charge in [-0.15, -0.1) is 0 Å². The zero-order chi connectivity index (χ0) is 19.4. The van der Waals surface area contributed by atoms with Gasteiger partial charge in [0.25, 0.3) is 0 Å². The molecule has 1 aliphatic rings. The van der Waals surface area contributed by atoms with Crippen molar-refractivity contribution in [3.8, 4) is 11.5 Å². The van der Waals surface area contributed by atoms with Gasteiger partial charge in [0.1, 0.15) is 0 Å². The summed E-state index contributed by atoms with van der Waals surface area (Å²) in [6, 6.07) is 11.2. The van der Waals surface area contributed by atoms with Gasteiger partial charge in [-0.05, 0) is 65.4 Å². The van der Waals surface area contributed by atoms with Crippen molar-refractivity contribution in [3.05, 3.63) is 56.0 Å². The average Bonchev–Trinajstić information content (AvgIpc) is 2.96. The molecule has 2 aromatic carbocycles. The first-order valence-electron chi connectivity index (χ1n) is 8.22. The Morgan fingerprint density at radius 3 is 2.74 bits per heavy atom. The molecule has 2 aromatic rings. The highest BCUT2D eigenvalue weighted by molar-refractivity contribution is 14.1. The number of thioether (sulfide) groups is 1. The maximum absolute atomic E-state index is 12.5. The van der Waals surface area contributed by atoms with E-state index < -0.39 is 5.97 Å². The fraction of sp³-hybridized carbons (Fsp3) is 0.200. The van der Waals surface area contributed by atoms with Crippen LogP contribution in [0.3, 0.4) is 0 Å². The van der Waals surface area contributed by atoms with E-state index in [1.165, 1.54) is 18.9 Å². The van der Waals surface area contributed by atoms with Gasteiger partial charge in [0.2, 0.25) is 5.78 Å². The number of hydrogen-bond acceptors (Lipinski definition) is 6. The number of carbonyl (C=O) groups is 2. The van der Waals surface area contributed by atoms with Crippen molar-refractivity contribution >= 4 is 52.2 Å². The van der Waals surface area contributed by atoms with Gasteiger partial charge in [-0.3, -0.25) is 4.79 Å². The van der Waals surface area contributed by atoms with Crippen LogP contribution in [0.4, 0.5) is 0 Å². The molecule has 0 amide bonds. The Morgan fingerprint density at radius 2 is 2.04 bits per heavy atom. The molecule has 1 heterocycles. The maximum Gasteiger partial charge on any atom is 0.344 e. The topological polar surface area (TPSA) is 61.8 Å². The van der Waals surface area contributed by atoms with Crippen molar-refractivity contribution in [2.45, 2.75) is 11.8 Å². The molecule has 0 aromatic heterocycles. The van der Waals surface area contributed by atoms with Crippen LogP contribution in [-0.4, -0.2) is 32.1 Å². The Bertz CT molecular complexity index is 923. The lowest BCUT2D eigenvalue weighted by molar-refractivity contribution is -0.145. The number of ketones is 1. The van der Waals surface area contributed by atoms with Crippen LogP contribution in [0, 0.1) is 3.57 Å². The number of benzene rings is 2. The molecule has 140 valence electrons. The summed E-state index contributed by atoms with van der Waals surface area (Å²) in [5.74, 6) is 0.549. The van der Waals surface area contributed by atoms with Crippen molar-refractivity contribution < 1.29 is 23.8 Å². The quantitative estimate of drug-likeness (QED) is 0.332. The predicted molar refractivity (Wildman–Crippen MR) is 112 cm³/mol. The van der Waals surface area contributed by atoms with E-state index in [0.717, 1.165) is 19.6 Å². The smallest absolute Gasteiger partial charge is 0.344 e. The van der Waals surface area contributed by atoms with Crippen LogP contribution < -0.4 is 9.47 Å². The molecule has 27 heavy (non-hydrogen) atoms. The fourth-order valence-corrected chi connectivity index (χ4v) is 4.42. The Labute approximate surface area is 175 Å². The maximum atomic E-state index is 12.5. The Morgan fingerprint density at radius 1 is 1.26 bits per heavy atom. The monoisotopic (exact) mass is 496 g/mol. The molecule has 0 bridgehead atoms. The third-order valence-electron chi connectivity index (χ3n) is 3.76. The standard InChI is InChI=1S/C20H17IO5S/c1-3-25-18(22)11-26-20-14(21)8-12(9-15(20)24-2)10-17-19(23)13-6-4-5-7-16(13)27-17/h4-10H,3,11H2,1-2H3/b17-10-. The molecular weight excluding hydrogens is 479 g/mol. The van der Waals surface area contributed by atoms with E-state index in [1.54, 1.807) is 13.0 Å². The highest BCUT2D eigenvalue weighted by Gasteiger charge is 2.25. The fourth-order valence-electron chi connectivity index (χ4n) is 2.58. The number of hydrogen-bond donors (Lipinski definition) is 0. The Balaban J connectivity index is 1.85. The molecular formula is C20H17IO5S. The van der Waals surface area contributed by atoms with E-state index in [1.807, 2.05) is 36.4 Å². The summed E-state index contributed by atoms with van der Waals surface area (Å²) in [5.41, 5.74) is 1.55. The molecule has 0 radical (unpaired) electrons. The molecule has 0 aliphatic carbocycles. The molecule has 0 saturated carbocycles. The zero-order valence-electron chi connectivity index (χ0n) is 14.8. The normalized spacial score (nSPS) is 14.2. The first-order valence-corrected chi connectivity index (χ1v) is 10.1. The lowest BCUT2D eigenvalue weighted by atomic mass is 10.1. The number of esters is 1. The number of halogens is 1. The highest BCUT2D eigenvalue weighted by atomic mass is 127. The molecule has 0 fully saturated rings. The van der Waals surface area contributed by atoms with Crippen LogP contribution >= 0.6 is 34.4 Å². The summed E-state index contributed by atoms with van der Waals surface area (Å²) in [4.78, 5) is 25.7. The van der Waals surface area contributed by atoms with Gasteiger partial charge >= 0.3 is 5.97 Å². The van der Waals surface area contributed by atoms with Crippen molar-refractivity contribution in [1.82, 2.24) is 0 Å². The number of fused-ring (bicyclic) bond motifs is 1. The number of methoxy groups -OCH3 is 1. The van der Waals surface area contributed by atoms with E-state index in [2.05, 4.69) is 22.6 Å². The molecule has 7 heteroatoms. The summed E-state index contributed by atoms with van der Waals surface area (Å²) in [7, 11) is 1.53. The van der Waals surface area contributed by atoms with Gasteiger partial charge in [-0.1, -0.05) is 23.9 Å². The third-order valence-corrected chi connectivity index (χ3v) is 5.66. The molecule has 5 nitrogen and oxygen atoms in total. The van der Waals surface area contributed by atoms with Gasteiger partial charge in [0, 0.05) is 10.5 Å². The van der Waals surface area contributed by atoms with E-state index in [-0.39, 0.29) is 12.4 Å². The largest absolute Gasteiger partial charge is 0.493 e. The molecule has 0 atom stereocenters. The van der Waals surface area contributed by atoms with E-state index in [9.17, 15) is 9.59 Å². The minimum Gasteiger partial charge on any atom is -0.493 e. The summed E-state index contributed by atoms with van der Waals surface area (Å²) in [6.45, 7) is 1.85. The Kier molecular flexibility index (Phi) is 6.43. The summed E-state index contributed by atoms with van der Waals surface area (Å²) in [5, 5.41) is 0. The van der Waals surface area contributed by atoms with E-state index >= 15 is 0 Å². The number of Topliss-reactive ketones (excluding diaryl/α,β-unsaturated/α-hetero) is 1. The van der Waals surface area contributed by atoms with E-state index in [0.29, 0.717) is 23.0 Å². The van der Waals surface area contributed by atoms with Crippen LogP contribution in [0.15, 0.2) is 46.2 Å². The molecule has 3 rings (SSSR count). The van der Waals surface area contributed by atoms with Crippen molar-refractivity contribution in [2.24, 2.45) is 0 Å². The zero-order valence-corrected chi connectivity index (χ0v) is 17.8. The first kappa shape index (κ1) is 19.8. The summed E-state index contributed by atoms with van der Waals surface area (Å²) >= 11 is 3.58. The Hall–Kier alpha value is -2.00. The van der Waals surface area contributed by atoms with Gasteiger partial charge in [-0.2, -0.15) is 0 Å². The second kappa shape index (κ2) is 8.79. The van der Waals surface area contributed by atoms with Crippen LogP contribution in [0.5, 0.6) is 11.5 Å². The van der Waals surface area contributed by atoms with Gasteiger partial charge in [-0.25, -0.2) is 4.79 Å². The number of ether oxygens (including phenoxy) is 3. The van der Waals surface area contributed by atoms with Crippen molar-refractivity contribution in [3.63, 3.8) is 0 Å². The minimum atomic E-state index is -0.438. The van der Waals surface area contributed by atoms with Crippen molar-refractivity contribution in [1.29, 1.82) is 0 Å². The van der Waals surface area contributed by atoms with Crippen LogP contribution in [-0.2, 0) is 9.53 Å². The summed E-state index contributed by atoms with van der Waals surface area (Å²) < 4.78 is 16.6. The summed E-state index contributed by atoms with van der Waals surface area (Å²) in [6.07, 6.45) is 1.84. The molecule has 1 aliphatic heterocycles. The second-order valence-electron chi connectivity index (χ2n) is 5.56. The average molecular weight is 496 g/mol. The van der Waals surface area contributed by atoms with Gasteiger partial charge in [0.05, 0.1) is 22.2 Å².